The monoisotopic (exact) mass is 348 g/mol. The second-order valence-electron chi connectivity index (χ2n) is 6.63. The summed E-state index contributed by atoms with van der Waals surface area (Å²) in [5, 5.41) is 2.95. The van der Waals surface area contributed by atoms with Crippen LogP contribution in [0.5, 0.6) is 0 Å². The van der Waals surface area contributed by atoms with Gasteiger partial charge >= 0.3 is 0 Å². The molecule has 1 heterocycles. The molecule has 0 bridgehead atoms. The van der Waals surface area contributed by atoms with Crippen molar-refractivity contribution in [2.45, 2.75) is 25.8 Å². The van der Waals surface area contributed by atoms with Gasteiger partial charge in [0.25, 0.3) is 0 Å². The topological polar surface area (TPSA) is 49.4 Å². The van der Waals surface area contributed by atoms with Gasteiger partial charge in [-0.05, 0) is 30.0 Å². The van der Waals surface area contributed by atoms with Crippen molar-refractivity contribution in [3.63, 3.8) is 0 Å². The summed E-state index contributed by atoms with van der Waals surface area (Å²) in [6.45, 7) is 4.82. The van der Waals surface area contributed by atoms with Crippen LogP contribution in [0.2, 0.25) is 0 Å². The molecule has 1 aliphatic heterocycles. The van der Waals surface area contributed by atoms with E-state index >= 15 is 0 Å². The van der Waals surface area contributed by atoms with Crippen molar-refractivity contribution in [1.29, 1.82) is 0 Å². The molecule has 0 saturated carbocycles. The molecular formula is C22H24N2O2. The number of hydrogen-bond acceptors (Lipinski definition) is 2. The number of fused-ring (bicyclic) bond motifs is 1. The number of hydrogen-bond donors (Lipinski definition) is 1. The van der Waals surface area contributed by atoms with Crippen LogP contribution in [0.25, 0.3) is 0 Å². The van der Waals surface area contributed by atoms with Gasteiger partial charge in [0.1, 0.15) is 0 Å². The summed E-state index contributed by atoms with van der Waals surface area (Å²) in [7, 11) is 0. The highest BCUT2D eigenvalue weighted by molar-refractivity contribution is 5.96. The molecule has 1 aliphatic rings. The zero-order chi connectivity index (χ0) is 18.4. The third-order valence-electron chi connectivity index (χ3n) is 4.74. The summed E-state index contributed by atoms with van der Waals surface area (Å²) in [6, 6.07) is 17.8. The molecule has 3 rings (SSSR count). The number of benzene rings is 2. The minimum atomic E-state index is -0.156. The number of nitrogens with one attached hydrogen (secondary N) is 1. The molecule has 0 unspecified atom stereocenters. The molecule has 2 amide bonds. The van der Waals surface area contributed by atoms with Crippen LogP contribution in [0.3, 0.4) is 0 Å². The number of rotatable bonds is 7. The first-order valence-corrected chi connectivity index (χ1v) is 8.98. The van der Waals surface area contributed by atoms with Crippen LogP contribution in [0.1, 0.15) is 24.0 Å². The van der Waals surface area contributed by atoms with E-state index in [0.717, 1.165) is 16.8 Å². The highest BCUT2D eigenvalue weighted by Gasteiger charge is 2.27. The first-order valence-electron chi connectivity index (χ1n) is 8.98. The van der Waals surface area contributed by atoms with Crippen LogP contribution in [0.15, 0.2) is 67.3 Å². The van der Waals surface area contributed by atoms with Gasteiger partial charge in [-0.3, -0.25) is 9.59 Å². The van der Waals surface area contributed by atoms with E-state index in [1.54, 1.807) is 11.0 Å². The van der Waals surface area contributed by atoms with Crippen molar-refractivity contribution >= 4 is 17.5 Å². The Balaban J connectivity index is 1.59. The van der Waals surface area contributed by atoms with E-state index in [1.807, 2.05) is 54.6 Å². The first kappa shape index (κ1) is 17.9. The van der Waals surface area contributed by atoms with Crippen LogP contribution in [0.4, 0.5) is 5.69 Å². The molecule has 2 aromatic carbocycles. The predicted octanol–water partition coefficient (Wildman–Crippen LogP) is 3.79. The molecule has 134 valence electrons. The molecule has 2 aromatic rings. The maximum Gasteiger partial charge on any atom is 0.227 e. The van der Waals surface area contributed by atoms with Gasteiger partial charge in [-0.15, -0.1) is 6.58 Å². The lowest BCUT2D eigenvalue weighted by Gasteiger charge is -2.26. The molecular weight excluding hydrogens is 324 g/mol. The third kappa shape index (κ3) is 4.39. The summed E-state index contributed by atoms with van der Waals surface area (Å²) < 4.78 is 0. The number of amides is 2. The Kier molecular flexibility index (Phi) is 5.84. The summed E-state index contributed by atoms with van der Waals surface area (Å²) in [5.41, 5.74) is 3.11. The van der Waals surface area contributed by atoms with E-state index in [-0.39, 0.29) is 17.7 Å². The maximum atomic E-state index is 12.7. The van der Waals surface area contributed by atoms with Crippen molar-refractivity contribution in [3.8, 4) is 0 Å². The van der Waals surface area contributed by atoms with Crippen molar-refractivity contribution in [3.05, 3.63) is 78.4 Å². The van der Waals surface area contributed by atoms with Gasteiger partial charge < -0.3 is 10.2 Å². The summed E-state index contributed by atoms with van der Waals surface area (Å²) in [6.07, 6.45) is 3.35. The van der Waals surface area contributed by atoms with Gasteiger partial charge in [-0.25, -0.2) is 0 Å². The van der Waals surface area contributed by atoms with Gasteiger partial charge in [-0.2, -0.15) is 0 Å². The highest BCUT2D eigenvalue weighted by atomic mass is 16.2. The van der Waals surface area contributed by atoms with Gasteiger partial charge in [0, 0.05) is 31.1 Å². The molecule has 0 aromatic heterocycles. The van der Waals surface area contributed by atoms with Crippen molar-refractivity contribution in [2.75, 3.05) is 11.9 Å². The van der Waals surface area contributed by atoms with E-state index in [2.05, 4.69) is 11.9 Å². The molecule has 0 spiro atoms. The van der Waals surface area contributed by atoms with Crippen molar-refractivity contribution in [2.24, 2.45) is 5.92 Å². The Morgan fingerprint density at radius 1 is 1.15 bits per heavy atom. The van der Waals surface area contributed by atoms with Crippen LogP contribution in [-0.4, -0.2) is 23.3 Å². The van der Waals surface area contributed by atoms with Crippen LogP contribution >= 0.6 is 0 Å². The maximum absolute atomic E-state index is 12.7. The minimum Gasteiger partial charge on any atom is -0.335 e. The Hall–Kier alpha value is -2.88. The average Bonchev–Trinajstić information content (AvgIpc) is 2.66. The smallest absolute Gasteiger partial charge is 0.227 e. The fourth-order valence-electron chi connectivity index (χ4n) is 3.32. The van der Waals surface area contributed by atoms with E-state index in [0.29, 0.717) is 32.4 Å². The number of nitrogens with zero attached hydrogens (tertiary/aromatic N) is 1. The van der Waals surface area contributed by atoms with E-state index in [9.17, 15) is 9.59 Å². The zero-order valence-electron chi connectivity index (χ0n) is 14.9. The number of anilines is 1. The molecule has 1 atom stereocenters. The molecule has 1 N–H and O–H groups in total. The zero-order valence-corrected chi connectivity index (χ0v) is 14.9. The Bertz CT molecular complexity index is 786. The fraction of sp³-hybridized carbons (Fsp3) is 0.273. The van der Waals surface area contributed by atoms with Crippen LogP contribution in [0, 0.1) is 5.92 Å². The quantitative estimate of drug-likeness (QED) is 0.774. The van der Waals surface area contributed by atoms with E-state index in [4.69, 9.17) is 0 Å². The van der Waals surface area contributed by atoms with E-state index < -0.39 is 0 Å². The lowest BCUT2D eigenvalue weighted by atomic mass is 9.89. The molecule has 0 aliphatic carbocycles. The number of carbonyl (C=O) groups is 2. The van der Waals surface area contributed by atoms with Gasteiger partial charge in [-0.1, -0.05) is 54.6 Å². The second-order valence-corrected chi connectivity index (χ2v) is 6.63. The van der Waals surface area contributed by atoms with Crippen LogP contribution < -0.4 is 5.32 Å². The second kappa shape index (κ2) is 8.48. The van der Waals surface area contributed by atoms with Crippen molar-refractivity contribution < 1.29 is 9.59 Å². The largest absolute Gasteiger partial charge is 0.335 e. The Labute approximate surface area is 154 Å². The highest BCUT2D eigenvalue weighted by Crippen LogP contribution is 2.27. The predicted molar refractivity (Wildman–Crippen MR) is 104 cm³/mol. The SMILES string of the molecule is C=CCN(Cc1ccccc1)C(=O)CC[C@H]1Cc2ccccc2NC1=O. The first-order chi connectivity index (χ1) is 12.7. The Morgan fingerprint density at radius 2 is 1.88 bits per heavy atom. The van der Waals surface area contributed by atoms with Crippen LogP contribution in [-0.2, 0) is 22.6 Å². The number of carbonyl (C=O) groups excluding carboxylic acids is 2. The molecule has 4 heteroatoms. The molecule has 26 heavy (non-hydrogen) atoms. The normalized spacial score (nSPS) is 15.7. The van der Waals surface area contributed by atoms with Gasteiger partial charge in [0.15, 0.2) is 0 Å². The minimum absolute atomic E-state index is 0.00910. The Morgan fingerprint density at radius 3 is 2.65 bits per heavy atom. The molecule has 0 saturated heterocycles. The summed E-state index contributed by atoms with van der Waals surface area (Å²) in [4.78, 5) is 26.8. The lowest BCUT2D eigenvalue weighted by Crippen LogP contribution is -2.34. The summed E-state index contributed by atoms with van der Waals surface area (Å²) in [5.74, 6) is -0.0913. The molecule has 4 nitrogen and oxygen atoms in total. The summed E-state index contributed by atoms with van der Waals surface area (Å²) >= 11 is 0. The van der Waals surface area contributed by atoms with Gasteiger partial charge in [0.2, 0.25) is 11.8 Å². The third-order valence-corrected chi connectivity index (χ3v) is 4.74. The van der Waals surface area contributed by atoms with E-state index in [1.165, 1.54) is 0 Å². The van der Waals surface area contributed by atoms with Crippen molar-refractivity contribution in [1.82, 2.24) is 4.90 Å². The average molecular weight is 348 g/mol. The molecule has 0 fully saturated rings. The van der Waals surface area contributed by atoms with Gasteiger partial charge in [0.05, 0.1) is 0 Å². The standard InChI is InChI=1S/C22H24N2O2/c1-2-14-24(16-17-8-4-3-5-9-17)21(25)13-12-19-15-18-10-6-7-11-20(18)23-22(19)26/h2-11,19H,1,12-16H2,(H,23,26)/t19-/m0/s1. The number of para-hydroxylation sites is 1. The fourth-order valence-corrected chi connectivity index (χ4v) is 3.32. The lowest BCUT2D eigenvalue weighted by molar-refractivity contribution is -0.131. The molecule has 0 radical (unpaired) electrons.